The van der Waals surface area contributed by atoms with E-state index in [1.807, 2.05) is 0 Å². The molecule has 2 saturated heterocycles. The molecule has 0 unspecified atom stereocenters. The van der Waals surface area contributed by atoms with E-state index in [0.29, 0.717) is 0 Å². The molecule has 3 nitrogen and oxygen atoms in total. The van der Waals surface area contributed by atoms with E-state index < -0.39 is 0 Å². The molecule has 0 aliphatic carbocycles. The molecule has 0 amide bonds. The molecular weight excluding hydrogens is 284 g/mol. The van der Waals surface area contributed by atoms with E-state index in [9.17, 15) is 0 Å². The van der Waals surface area contributed by atoms with Crippen molar-refractivity contribution >= 4 is 0 Å². The van der Waals surface area contributed by atoms with Crippen LogP contribution >= 0.6 is 0 Å². The number of piperidine rings is 2. The molecule has 1 aromatic carbocycles. The maximum atomic E-state index is 5.77. The quantitative estimate of drug-likeness (QED) is 0.822. The number of likely N-dealkylation sites (tertiary alicyclic amines) is 2. The van der Waals surface area contributed by atoms with Crippen LogP contribution in [-0.2, 0) is 6.54 Å². The number of hydrogen-bond acceptors (Lipinski definition) is 3. The minimum Gasteiger partial charge on any atom is -0.494 e. The molecule has 2 aliphatic rings. The van der Waals surface area contributed by atoms with Crippen molar-refractivity contribution in [2.45, 2.75) is 52.1 Å². The Labute approximate surface area is 141 Å². The van der Waals surface area contributed by atoms with Crippen LogP contribution in [-0.4, -0.2) is 48.6 Å². The topological polar surface area (TPSA) is 15.7 Å². The normalized spacial score (nSPS) is 22.3. The molecule has 0 radical (unpaired) electrons. The second kappa shape index (κ2) is 8.16. The zero-order valence-corrected chi connectivity index (χ0v) is 14.8. The molecule has 2 fully saturated rings. The van der Waals surface area contributed by atoms with Crippen LogP contribution in [0.1, 0.15) is 45.1 Å². The van der Waals surface area contributed by atoms with Gasteiger partial charge in [-0.05, 0) is 70.8 Å². The van der Waals surface area contributed by atoms with E-state index in [0.717, 1.165) is 30.9 Å². The maximum Gasteiger partial charge on any atom is 0.123 e. The summed E-state index contributed by atoms with van der Waals surface area (Å²) in [5.41, 5.74) is 1.33. The Kier molecular flexibility index (Phi) is 5.96. The highest BCUT2D eigenvalue weighted by Crippen LogP contribution is 2.26. The number of nitrogens with zero attached hydrogens (tertiary/aromatic N) is 2. The molecule has 0 N–H and O–H groups in total. The molecule has 0 aromatic heterocycles. The molecule has 0 spiro atoms. The maximum absolute atomic E-state index is 5.77. The van der Waals surface area contributed by atoms with Gasteiger partial charge >= 0.3 is 0 Å². The third-order valence-electron chi connectivity index (χ3n) is 5.56. The highest BCUT2D eigenvalue weighted by atomic mass is 16.5. The third kappa shape index (κ3) is 4.48. The van der Waals surface area contributed by atoms with Gasteiger partial charge in [-0.25, -0.2) is 0 Å². The van der Waals surface area contributed by atoms with Gasteiger partial charge in [0.1, 0.15) is 5.75 Å². The molecule has 3 rings (SSSR count). The van der Waals surface area contributed by atoms with Gasteiger partial charge in [0.2, 0.25) is 0 Å². The van der Waals surface area contributed by atoms with Crippen LogP contribution in [0.3, 0.4) is 0 Å². The smallest absolute Gasteiger partial charge is 0.123 e. The van der Waals surface area contributed by atoms with Crippen LogP contribution in [0.15, 0.2) is 24.3 Å². The largest absolute Gasteiger partial charge is 0.494 e. The van der Waals surface area contributed by atoms with Crippen LogP contribution in [0.25, 0.3) is 0 Å². The lowest BCUT2D eigenvalue weighted by molar-refractivity contribution is 0.0776. The number of para-hydroxylation sites is 1. The molecular formula is C20H32N2O. The van der Waals surface area contributed by atoms with Gasteiger partial charge in [-0.2, -0.15) is 0 Å². The Morgan fingerprint density at radius 2 is 1.70 bits per heavy atom. The molecule has 128 valence electrons. The monoisotopic (exact) mass is 316 g/mol. The minimum absolute atomic E-state index is 0.743. The van der Waals surface area contributed by atoms with Gasteiger partial charge in [0.05, 0.1) is 6.61 Å². The number of rotatable bonds is 5. The van der Waals surface area contributed by atoms with Gasteiger partial charge in [0, 0.05) is 18.2 Å². The summed E-state index contributed by atoms with van der Waals surface area (Å²) >= 11 is 0. The average molecular weight is 316 g/mol. The van der Waals surface area contributed by atoms with Crippen molar-refractivity contribution in [3.05, 3.63) is 29.8 Å². The second-order valence-electron chi connectivity index (χ2n) is 7.27. The highest BCUT2D eigenvalue weighted by molar-refractivity contribution is 5.33. The molecule has 2 aliphatic heterocycles. The first-order chi connectivity index (χ1) is 11.3. The fourth-order valence-electron chi connectivity index (χ4n) is 4.01. The van der Waals surface area contributed by atoms with Crippen LogP contribution in [0.2, 0.25) is 0 Å². The Morgan fingerprint density at radius 3 is 2.39 bits per heavy atom. The standard InChI is InChI=1S/C20H32N2O/c1-3-23-20-7-5-4-6-18(20)16-21-12-10-19(11-13-21)22-14-8-17(2)9-15-22/h4-7,17,19H,3,8-16H2,1-2H3. The Hall–Kier alpha value is -1.06. The summed E-state index contributed by atoms with van der Waals surface area (Å²) in [7, 11) is 0. The molecule has 23 heavy (non-hydrogen) atoms. The first-order valence-corrected chi connectivity index (χ1v) is 9.43. The fraction of sp³-hybridized carbons (Fsp3) is 0.700. The Morgan fingerprint density at radius 1 is 1.00 bits per heavy atom. The lowest BCUT2D eigenvalue weighted by Crippen LogP contribution is -2.47. The van der Waals surface area contributed by atoms with E-state index in [4.69, 9.17) is 4.74 Å². The van der Waals surface area contributed by atoms with Crippen LogP contribution in [0, 0.1) is 5.92 Å². The van der Waals surface area contributed by atoms with Gasteiger partial charge in [-0.1, -0.05) is 25.1 Å². The number of ether oxygens (including phenoxy) is 1. The fourth-order valence-corrected chi connectivity index (χ4v) is 4.01. The van der Waals surface area contributed by atoms with Gasteiger partial charge in [0.15, 0.2) is 0 Å². The molecule has 3 heteroatoms. The van der Waals surface area contributed by atoms with Gasteiger partial charge in [0.25, 0.3) is 0 Å². The summed E-state index contributed by atoms with van der Waals surface area (Å²) in [5.74, 6) is 1.99. The summed E-state index contributed by atoms with van der Waals surface area (Å²) in [6.45, 7) is 11.3. The van der Waals surface area contributed by atoms with Gasteiger partial charge in [-0.15, -0.1) is 0 Å². The number of hydrogen-bond donors (Lipinski definition) is 0. The van der Waals surface area contributed by atoms with E-state index in [1.165, 1.54) is 57.4 Å². The molecule has 2 heterocycles. The summed E-state index contributed by atoms with van der Waals surface area (Å²) in [4.78, 5) is 5.35. The van der Waals surface area contributed by atoms with E-state index >= 15 is 0 Å². The van der Waals surface area contributed by atoms with E-state index in [1.54, 1.807) is 0 Å². The lowest BCUT2D eigenvalue weighted by atomic mass is 9.95. The predicted molar refractivity (Wildman–Crippen MR) is 95.9 cm³/mol. The van der Waals surface area contributed by atoms with Crippen LogP contribution in [0.4, 0.5) is 0 Å². The summed E-state index contributed by atoms with van der Waals surface area (Å²) in [6.07, 6.45) is 5.43. The van der Waals surface area contributed by atoms with E-state index in [-0.39, 0.29) is 0 Å². The van der Waals surface area contributed by atoms with Crippen LogP contribution in [0.5, 0.6) is 5.75 Å². The highest BCUT2D eigenvalue weighted by Gasteiger charge is 2.27. The number of benzene rings is 1. The van der Waals surface area contributed by atoms with Gasteiger partial charge < -0.3 is 9.64 Å². The van der Waals surface area contributed by atoms with E-state index in [2.05, 4.69) is 47.9 Å². The zero-order chi connectivity index (χ0) is 16.1. The molecule has 0 atom stereocenters. The lowest BCUT2D eigenvalue weighted by Gasteiger charge is -2.41. The molecule has 0 saturated carbocycles. The molecule has 0 bridgehead atoms. The van der Waals surface area contributed by atoms with Crippen molar-refractivity contribution in [1.82, 2.24) is 9.80 Å². The minimum atomic E-state index is 0.743. The van der Waals surface area contributed by atoms with Crippen molar-refractivity contribution < 1.29 is 4.74 Å². The first kappa shape index (κ1) is 16.8. The SMILES string of the molecule is CCOc1ccccc1CN1CCC(N2CCC(C)CC2)CC1. The zero-order valence-electron chi connectivity index (χ0n) is 14.8. The first-order valence-electron chi connectivity index (χ1n) is 9.43. The molecule has 1 aromatic rings. The predicted octanol–water partition coefficient (Wildman–Crippen LogP) is 3.78. The summed E-state index contributed by atoms with van der Waals surface area (Å²) in [5, 5.41) is 0. The summed E-state index contributed by atoms with van der Waals surface area (Å²) in [6, 6.07) is 9.32. The van der Waals surface area contributed by atoms with Crippen molar-refractivity contribution in [1.29, 1.82) is 0 Å². The second-order valence-corrected chi connectivity index (χ2v) is 7.27. The average Bonchev–Trinajstić information content (AvgIpc) is 2.58. The Balaban J connectivity index is 1.49. The van der Waals surface area contributed by atoms with Gasteiger partial charge in [-0.3, -0.25) is 4.90 Å². The Bertz CT molecular complexity index is 474. The van der Waals surface area contributed by atoms with Crippen molar-refractivity contribution in [3.63, 3.8) is 0 Å². The van der Waals surface area contributed by atoms with Crippen molar-refractivity contribution in [2.75, 3.05) is 32.8 Å². The third-order valence-corrected chi connectivity index (χ3v) is 5.56. The van der Waals surface area contributed by atoms with Crippen molar-refractivity contribution in [2.24, 2.45) is 5.92 Å². The summed E-state index contributed by atoms with van der Waals surface area (Å²) < 4.78 is 5.77. The van der Waals surface area contributed by atoms with Crippen molar-refractivity contribution in [3.8, 4) is 5.75 Å². The van der Waals surface area contributed by atoms with Crippen LogP contribution < -0.4 is 4.74 Å².